The van der Waals surface area contributed by atoms with E-state index in [2.05, 4.69) is 15.8 Å². The summed E-state index contributed by atoms with van der Waals surface area (Å²) in [6, 6.07) is 13.4. The maximum Gasteiger partial charge on any atom is 0.271 e. The molecule has 8 nitrogen and oxygen atoms in total. The molecule has 0 bridgehead atoms. The summed E-state index contributed by atoms with van der Waals surface area (Å²) in [4.78, 5) is 38.0. The standard InChI is InChI=1S/C18H16N4O4/c19-16(23)10-26-12-7-5-11(6-8-12)17(24)21-22-18(25)14-9-20-15-4-2-1-3-13(14)15/h1-9,20H,10H2,(H2,19,23)(H,21,24)(H,22,25). The molecule has 0 atom stereocenters. The third-order valence-corrected chi connectivity index (χ3v) is 3.62. The Labute approximate surface area is 148 Å². The van der Waals surface area contributed by atoms with Gasteiger partial charge in [-0.2, -0.15) is 0 Å². The zero-order chi connectivity index (χ0) is 18.5. The van der Waals surface area contributed by atoms with Crippen LogP contribution in [0.4, 0.5) is 0 Å². The van der Waals surface area contributed by atoms with E-state index >= 15 is 0 Å². The van der Waals surface area contributed by atoms with E-state index in [4.69, 9.17) is 10.5 Å². The first kappa shape index (κ1) is 17.0. The fraction of sp³-hybridized carbons (Fsp3) is 0.0556. The van der Waals surface area contributed by atoms with Gasteiger partial charge in [0.15, 0.2) is 6.61 Å². The Kier molecular flexibility index (Phi) is 4.84. The average molecular weight is 352 g/mol. The Morgan fingerprint density at radius 1 is 0.962 bits per heavy atom. The van der Waals surface area contributed by atoms with Crippen LogP contribution in [-0.4, -0.2) is 29.3 Å². The number of rotatable bonds is 5. The van der Waals surface area contributed by atoms with Crippen molar-refractivity contribution >= 4 is 28.6 Å². The smallest absolute Gasteiger partial charge is 0.271 e. The number of nitrogens with one attached hydrogen (secondary N) is 3. The number of aromatic nitrogens is 1. The normalized spacial score (nSPS) is 10.3. The lowest BCUT2D eigenvalue weighted by atomic mass is 10.2. The molecule has 8 heteroatoms. The van der Waals surface area contributed by atoms with Crippen LogP contribution in [0.2, 0.25) is 0 Å². The minimum absolute atomic E-state index is 0.244. The van der Waals surface area contributed by atoms with Crippen molar-refractivity contribution in [2.24, 2.45) is 5.73 Å². The van der Waals surface area contributed by atoms with E-state index in [0.29, 0.717) is 16.9 Å². The number of primary amides is 1. The topological polar surface area (TPSA) is 126 Å². The number of ether oxygens (including phenoxy) is 1. The lowest BCUT2D eigenvalue weighted by Crippen LogP contribution is -2.41. The molecular weight excluding hydrogens is 336 g/mol. The summed E-state index contributed by atoms with van der Waals surface area (Å²) in [6.07, 6.45) is 1.58. The first-order valence-electron chi connectivity index (χ1n) is 7.72. The number of hydrogen-bond acceptors (Lipinski definition) is 4. The molecule has 3 amide bonds. The van der Waals surface area contributed by atoms with Gasteiger partial charge >= 0.3 is 0 Å². The predicted octanol–water partition coefficient (Wildman–Crippen LogP) is 1.11. The number of benzene rings is 2. The number of para-hydroxylation sites is 1. The van der Waals surface area contributed by atoms with Crippen molar-refractivity contribution in [3.05, 3.63) is 65.9 Å². The second kappa shape index (κ2) is 7.39. The number of carbonyl (C=O) groups excluding carboxylic acids is 3. The van der Waals surface area contributed by atoms with Gasteiger partial charge in [-0.1, -0.05) is 18.2 Å². The highest BCUT2D eigenvalue weighted by Crippen LogP contribution is 2.17. The number of hydrogen-bond donors (Lipinski definition) is 4. The zero-order valence-corrected chi connectivity index (χ0v) is 13.6. The molecule has 3 rings (SSSR count). The first-order valence-corrected chi connectivity index (χ1v) is 7.72. The van der Waals surface area contributed by atoms with Crippen LogP contribution in [-0.2, 0) is 4.79 Å². The van der Waals surface area contributed by atoms with Crippen molar-refractivity contribution < 1.29 is 19.1 Å². The number of carbonyl (C=O) groups is 3. The Morgan fingerprint density at radius 2 is 1.65 bits per heavy atom. The van der Waals surface area contributed by atoms with Gasteiger partial charge in [0.1, 0.15) is 5.75 Å². The van der Waals surface area contributed by atoms with Crippen molar-refractivity contribution in [2.45, 2.75) is 0 Å². The van der Waals surface area contributed by atoms with Gasteiger partial charge in [0, 0.05) is 22.7 Å². The third-order valence-electron chi connectivity index (χ3n) is 3.62. The minimum atomic E-state index is -0.591. The molecule has 0 aliphatic carbocycles. The molecule has 132 valence electrons. The summed E-state index contributed by atoms with van der Waals surface area (Å²) in [5.74, 6) is -1.10. The van der Waals surface area contributed by atoms with Crippen molar-refractivity contribution in [1.82, 2.24) is 15.8 Å². The average Bonchev–Trinajstić information content (AvgIpc) is 3.09. The number of amides is 3. The van der Waals surface area contributed by atoms with Crippen LogP contribution >= 0.6 is 0 Å². The van der Waals surface area contributed by atoms with Crippen molar-refractivity contribution in [3.8, 4) is 5.75 Å². The maximum atomic E-state index is 12.2. The van der Waals surface area contributed by atoms with Crippen molar-refractivity contribution in [2.75, 3.05) is 6.61 Å². The highest BCUT2D eigenvalue weighted by molar-refractivity contribution is 6.07. The molecule has 0 saturated carbocycles. The van der Waals surface area contributed by atoms with E-state index < -0.39 is 17.7 Å². The molecule has 26 heavy (non-hydrogen) atoms. The van der Waals surface area contributed by atoms with E-state index in [9.17, 15) is 14.4 Å². The van der Waals surface area contributed by atoms with Crippen LogP contribution < -0.4 is 21.3 Å². The number of fused-ring (bicyclic) bond motifs is 1. The van der Waals surface area contributed by atoms with E-state index in [1.807, 2.05) is 24.3 Å². The molecule has 0 aliphatic heterocycles. The van der Waals surface area contributed by atoms with Gasteiger partial charge in [-0.25, -0.2) is 0 Å². The first-order chi connectivity index (χ1) is 12.5. The lowest BCUT2D eigenvalue weighted by Gasteiger charge is -2.08. The maximum absolute atomic E-state index is 12.2. The fourth-order valence-electron chi connectivity index (χ4n) is 2.37. The van der Waals surface area contributed by atoms with Crippen LogP contribution in [0.1, 0.15) is 20.7 Å². The molecule has 3 aromatic rings. The number of nitrogens with two attached hydrogens (primary N) is 1. The number of hydrazine groups is 1. The molecule has 0 aliphatic rings. The van der Waals surface area contributed by atoms with Crippen LogP contribution in [0.3, 0.4) is 0 Å². The third kappa shape index (κ3) is 3.81. The Balaban J connectivity index is 1.59. The number of H-pyrrole nitrogens is 1. The van der Waals surface area contributed by atoms with E-state index in [1.54, 1.807) is 6.20 Å². The summed E-state index contributed by atoms with van der Waals surface area (Å²) in [5.41, 5.74) is 11.3. The van der Waals surface area contributed by atoms with E-state index in [0.717, 1.165) is 10.9 Å². The van der Waals surface area contributed by atoms with Gasteiger partial charge in [0.2, 0.25) is 0 Å². The molecule has 5 N–H and O–H groups in total. The fourth-order valence-corrected chi connectivity index (χ4v) is 2.37. The molecule has 1 heterocycles. The van der Waals surface area contributed by atoms with E-state index in [1.165, 1.54) is 24.3 Å². The molecule has 0 saturated heterocycles. The minimum Gasteiger partial charge on any atom is -0.484 e. The molecule has 0 fully saturated rings. The molecule has 2 aromatic carbocycles. The van der Waals surface area contributed by atoms with Gasteiger partial charge < -0.3 is 15.5 Å². The number of aromatic amines is 1. The molecule has 0 radical (unpaired) electrons. The van der Waals surface area contributed by atoms with Crippen LogP contribution in [0.15, 0.2) is 54.7 Å². The summed E-state index contributed by atoms with van der Waals surface area (Å²) < 4.78 is 5.11. The monoisotopic (exact) mass is 352 g/mol. The zero-order valence-electron chi connectivity index (χ0n) is 13.6. The van der Waals surface area contributed by atoms with Gasteiger partial charge in [0.05, 0.1) is 5.56 Å². The molecule has 0 spiro atoms. The summed E-state index contributed by atoms with van der Waals surface area (Å²) >= 11 is 0. The second-order valence-corrected chi connectivity index (χ2v) is 5.44. The predicted molar refractivity (Wildman–Crippen MR) is 94.4 cm³/mol. The summed E-state index contributed by atoms with van der Waals surface area (Å²) in [6.45, 7) is -0.244. The van der Waals surface area contributed by atoms with Gasteiger partial charge in [-0.3, -0.25) is 25.2 Å². The molecule has 1 aromatic heterocycles. The highest BCUT2D eigenvalue weighted by Gasteiger charge is 2.13. The van der Waals surface area contributed by atoms with Crippen molar-refractivity contribution in [1.29, 1.82) is 0 Å². The lowest BCUT2D eigenvalue weighted by molar-refractivity contribution is -0.119. The second-order valence-electron chi connectivity index (χ2n) is 5.44. The highest BCUT2D eigenvalue weighted by atomic mass is 16.5. The SMILES string of the molecule is NC(=O)COc1ccc(C(=O)NNC(=O)c2c[nH]c3ccccc23)cc1. The van der Waals surface area contributed by atoms with Crippen LogP contribution in [0.5, 0.6) is 5.75 Å². The van der Waals surface area contributed by atoms with Crippen LogP contribution in [0.25, 0.3) is 10.9 Å². The van der Waals surface area contributed by atoms with Crippen molar-refractivity contribution in [3.63, 3.8) is 0 Å². The molecular formula is C18H16N4O4. The summed E-state index contributed by atoms with van der Waals surface area (Å²) in [7, 11) is 0. The van der Waals surface area contributed by atoms with Crippen LogP contribution in [0, 0.1) is 0 Å². The Hall–Kier alpha value is -3.81. The van der Waals surface area contributed by atoms with E-state index in [-0.39, 0.29) is 6.61 Å². The van der Waals surface area contributed by atoms with Gasteiger partial charge in [-0.15, -0.1) is 0 Å². The van der Waals surface area contributed by atoms with Gasteiger partial charge in [-0.05, 0) is 30.3 Å². The Bertz CT molecular complexity index is 963. The summed E-state index contributed by atoms with van der Waals surface area (Å²) in [5, 5.41) is 0.759. The quantitative estimate of drug-likeness (QED) is 0.513. The van der Waals surface area contributed by atoms with Gasteiger partial charge in [0.25, 0.3) is 17.7 Å². The molecule has 0 unspecified atom stereocenters. The Morgan fingerprint density at radius 3 is 2.38 bits per heavy atom. The largest absolute Gasteiger partial charge is 0.484 e.